The van der Waals surface area contributed by atoms with Gasteiger partial charge in [-0.05, 0) is 37.5 Å². The molecule has 4 nitrogen and oxygen atoms in total. The molecule has 1 fully saturated rings. The maximum atomic E-state index is 10.9. The molecule has 5 heteroatoms. The minimum absolute atomic E-state index is 0.0789. The molecule has 0 aliphatic heterocycles. The van der Waals surface area contributed by atoms with Gasteiger partial charge in [0.1, 0.15) is 0 Å². The normalized spacial score (nSPS) is 26.3. The summed E-state index contributed by atoms with van der Waals surface area (Å²) in [4.78, 5) is 0. The van der Waals surface area contributed by atoms with Crippen molar-refractivity contribution in [3.05, 3.63) is 0 Å². The Hall–Kier alpha value is -0.130. The predicted octanol–water partition coefficient (Wildman–Crippen LogP) is 2.68. The highest BCUT2D eigenvalue weighted by atomic mass is 32.2. The molecule has 0 radical (unpaired) electrons. The molecule has 0 aromatic carbocycles. The second kappa shape index (κ2) is 8.22. The molecule has 0 aromatic rings. The summed E-state index contributed by atoms with van der Waals surface area (Å²) >= 11 is 0. The maximum absolute atomic E-state index is 10.9. The van der Waals surface area contributed by atoms with Crippen LogP contribution in [0.25, 0.3) is 0 Å². The average Bonchev–Trinajstić information content (AvgIpc) is 2.36. The van der Waals surface area contributed by atoms with E-state index in [0.29, 0.717) is 18.4 Å². The maximum Gasteiger partial charge on any atom is 0.209 e. The van der Waals surface area contributed by atoms with Gasteiger partial charge in [-0.1, -0.05) is 33.1 Å². The first-order valence-electron chi connectivity index (χ1n) is 7.52. The lowest BCUT2D eigenvalue weighted by Crippen LogP contribution is -2.24. The molecule has 0 amide bonds. The molecule has 0 spiro atoms. The Balaban J connectivity index is 2.12. The molecule has 1 saturated carbocycles. The number of rotatable bonds is 8. The van der Waals surface area contributed by atoms with Crippen LogP contribution in [-0.2, 0) is 14.8 Å². The van der Waals surface area contributed by atoms with Crippen LogP contribution in [0.1, 0.15) is 58.8 Å². The molecule has 114 valence electrons. The van der Waals surface area contributed by atoms with E-state index in [2.05, 4.69) is 13.8 Å². The van der Waals surface area contributed by atoms with Crippen LogP contribution >= 0.6 is 0 Å². The van der Waals surface area contributed by atoms with Gasteiger partial charge in [0, 0.05) is 6.61 Å². The third-order valence-electron chi connectivity index (χ3n) is 4.17. The van der Waals surface area contributed by atoms with E-state index >= 15 is 0 Å². The summed E-state index contributed by atoms with van der Waals surface area (Å²) in [6, 6.07) is 0. The molecule has 0 bridgehead atoms. The fourth-order valence-corrected chi connectivity index (χ4v) is 3.44. The van der Waals surface area contributed by atoms with Crippen LogP contribution in [0.2, 0.25) is 0 Å². The van der Waals surface area contributed by atoms with E-state index in [-0.39, 0.29) is 5.75 Å². The summed E-state index contributed by atoms with van der Waals surface area (Å²) in [6.07, 6.45) is 8.23. The van der Waals surface area contributed by atoms with Gasteiger partial charge >= 0.3 is 0 Å². The zero-order chi connectivity index (χ0) is 14.3. The highest BCUT2D eigenvalue weighted by Gasteiger charge is 2.21. The van der Waals surface area contributed by atoms with Crippen molar-refractivity contribution < 1.29 is 13.2 Å². The standard InChI is InChI=1S/C14H29NO3S/c1-3-13-5-4-6-14(11-13)18-9-7-12(2)8-10-19(15,16)17/h12-14H,3-11H2,1-2H3,(H2,15,16,17). The number of sulfonamides is 1. The lowest BCUT2D eigenvalue weighted by molar-refractivity contribution is 0.00697. The molecule has 1 rings (SSSR count). The predicted molar refractivity (Wildman–Crippen MR) is 78.4 cm³/mol. The van der Waals surface area contributed by atoms with Gasteiger partial charge in [-0.15, -0.1) is 0 Å². The summed E-state index contributed by atoms with van der Waals surface area (Å²) in [5.74, 6) is 1.26. The highest BCUT2D eigenvalue weighted by Crippen LogP contribution is 2.28. The summed E-state index contributed by atoms with van der Waals surface area (Å²) in [6.45, 7) is 5.06. The van der Waals surface area contributed by atoms with E-state index in [4.69, 9.17) is 9.88 Å². The zero-order valence-corrected chi connectivity index (χ0v) is 13.1. The van der Waals surface area contributed by atoms with Gasteiger partial charge in [-0.2, -0.15) is 0 Å². The largest absolute Gasteiger partial charge is 0.378 e. The Labute approximate surface area is 118 Å². The first-order valence-corrected chi connectivity index (χ1v) is 9.24. The van der Waals surface area contributed by atoms with Crippen molar-refractivity contribution in [3.8, 4) is 0 Å². The zero-order valence-electron chi connectivity index (χ0n) is 12.3. The molecule has 2 N–H and O–H groups in total. The number of ether oxygens (including phenoxy) is 1. The van der Waals surface area contributed by atoms with E-state index in [1.165, 1.54) is 32.1 Å². The minimum Gasteiger partial charge on any atom is -0.378 e. The number of hydrogen-bond acceptors (Lipinski definition) is 3. The number of nitrogens with two attached hydrogens (primary N) is 1. The topological polar surface area (TPSA) is 69.4 Å². The quantitative estimate of drug-likeness (QED) is 0.747. The fourth-order valence-electron chi connectivity index (χ4n) is 2.71. The Morgan fingerprint density at radius 2 is 2.05 bits per heavy atom. The van der Waals surface area contributed by atoms with E-state index in [1.54, 1.807) is 0 Å². The summed E-state index contributed by atoms with van der Waals surface area (Å²) in [7, 11) is -3.32. The van der Waals surface area contributed by atoms with Crippen LogP contribution in [0.5, 0.6) is 0 Å². The smallest absolute Gasteiger partial charge is 0.209 e. The summed E-state index contributed by atoms with van der Waals surface area (Å²) in [5, 5.41) is 5.00. The van der Waals surface area contributed by atoms with Gasteiger partial charge in [-0.25, -0.2) is 13.6 Å². The van der Waals surface area contributed by atoms with Gasteiger partial charge < -0.3 is 4.74 Å². The second-order valence-electron chi connectivity index (χ2n) is 5.98. The fraction of sp³-hybridized carbons (Fsp3) is 1.00. The van der Waals surface area contributed by atoms with Crippen molar-refractivity contribution in [2.24, 2.45) is 17.0 Å². The minimum atomic E-state index is -3.32. The van der Waals surface area contributed by atoms with E-state index in [9.17, 15) is 8.42 Å². The van der Waals surface area contributed by atoms with Crippen molar-refractivity contribution in [3.63, 3.8) is 0 Å². The van der Waals surface area contributed by atoms with Crippen molar-refractivity contribution in [2.75, 3.05) is 12.4 Å². The van der Waals surface area contributed by atoms with E-state index < -0.39 is 10.0 Å². The molecular formula is C14H29NO3S. The van der Waals surface area contributed by atoms with Crippen molar-refractivity contribution in [1.82, 2.24) is 0 Å². The first kappa shape index (κ1) is 16.9. The Morgan fingerprint density at radius 1 is 1.32 bits per heavy atom. The van der Waals surface area contributed by atoms with E-state index in [0.717, 1.165) is 18.9 Å². The Morgan fingerprint density at radius 3 is 2.68 bits per heavy atom. The van der Waals surface area contributed by atoms with Crippen molar-refractivity contribution in [2.45, 2.75) is 64.9 Å². The van der Waals surface area contributed by atoms with Crippen molar-refractivity contribution >= 4 is 10.0 Å². The molecule has 3 atom stereocenters. The van der Waals surface area contributed by atoms with Gasteiger partial charge in [0.2, 0.25) is 10.0 Å². The first-order chi connectivity index (χ1) is 8.90. The van der Waals surface area contributed by atoms with Gasteiger partial charge in [0.15, 0.2) is 0 Å². The van der Waals surface area contributed by atoms with Crippen LogP contribution in [0.15, 0.2) is 0 Å². The van der Waals surface area contributed by atoms with Crippen molar-refractivity contribution in [1.29, 1.82) is 0 Å². The van der Waals surface area contributed by atoms with Crippen LogP contribution < -0.4 is 5.14 Å². The van der Waals surface area contributed by atoms with E-state index in [1.807, 2.05) is 0 Å². The monoisotopic (exact) mass is 291 g/mol. The number of primary sulfonamides is 1. The SMILES string of the molecule is CCC1CCCC(OCCC(C)CCS(N)(=O)=O)C1. The average molecular weight is 291 g/mol. The second-order valence-corrected chi connectivity index (χ2v) is 7.72. The van der Waals surface area contributed by atoms with Gasteiger partial charge in [0.05, 0.1) is 11.9 Å². The van der Waals surface area contributed by atoms with Crippen LogP contribution in [0.4, 0.5) is 0 Å². The molecule has 1 aliphatic rings. The van der Waals surface area contributed by atoms with Crippen LogP contribution in [0.3, 0.4) is 0 Å². The molecule has 3 unspecified atom stereocenters. The lowest BCUT2D eigenvalue weighted by Gasteiger charge is -2.28. The lowest BCUT2D eigenvalue weighted by atomic mass is 9.85. The molecule has 19 heavy (non-hydrogen) atoms. The molecule has 1 aliphatic carbocycles. The third-order valence-corrected chi connectivity index (χ3v) is 4.98. The molecular weight excluding hydrogens is 262 g/mol. The third kappa shape index (κ3) is 7.90. The highest BCUT2D eigenvalue weighted by molar-refractivity contribution is 7.89. The Kier molecular flexibility index (Phi) is 7.32. The molecule has 0 heterocycles. The van der Waals surface area contributed by atoms with Crippen LogP contribution in [0, 0.1) is 11.8 Å². The van der Waals surface area contributed by atoms with Gasteiger partial charge in [-0.3, -0.25) is 0 Å². The van der Waals surface area contributed by atoms with Crippen LogP contribution in [-0.4, -0.2) is 26.9 Å². The summed E-state index contributed by atoms with van der Waals surface area (Å²) < 4.78 is 27.7. The Bertz CT molecular complexity index is 343. The molecule has 0 saturated heterocycles. The van der Waals surface area contributed by atoms with Gasteiger partial charge in [0.25, 0.3) is 0 Å². The number of hydrogen-bond donors (Lipinski definition) is 1. The molecule has 0 aromatic heterocycles. The summed E-state index contributed by atoms with van der Waals surface area (Å²) in [5.41, 5.74) is 0.